The maximum absolute atomic E-state index is 14.8. The van der Waals surface area contributed by atoms with Gasteiger partial charge in [0.05, 0.1) is 7.11 Å². The van der Waals surface area contributed by atoms with Crippen LogP contribution in [0.25, 0.3) is 0 Å². The van der Waals surface area contributed by atoms with Crippen LogP contribution in [0.1, 0.15) is 43.9 Å². The number of rotatable bonds is 5. The number of methoxy groups -OCH3 is 1. The molecule has 0 aromatic heterocycles. The average Bonchev–Trinajstić information content (AvgIpc) is 3.12. The van der Waals surface area contributed by atoms with E-state index in [2.05, 4.69) is 5.32 Å². The summed E-state index contributed by atoms with van der Waals surface area (Å²) in [5, 5.41) is 12.6. The molecular weight excluding hydrogens is 590 g/mol. The number of halogens is 6. The maximum Gasteiger partial charge on any atom is 0.407 e. The van der Waals surface area contributed by atoms with Crippen molar-refractivity contribution in [1.29, 1.82) is 0 Å². The summed E-state index contributed by atoms with van der Waals surface area (Å²) < 4.78 is 51.4. The fourth-order valence-corrected chi connectivity index (χ4v) is 6.62. The number of esters is 1. The Bertz CT molecular complexity index is 1220. The number of benzene rings is 2. The molecule has 0 saturated carbocycles. The van der Waals surface area contributed by atoms with Crippen LogP contribution in [0.5, 0.6) is 0 Å². The lowest BCUT2D eigenvalue weighted by atomic mass is 9.79. The highest BCUT2D eigenvalue weighted by Gasteiger charge is 2.69. The van der Waals surface area contributed by atoms with E-state index >= 15 is 0 Å². The number of hydrogen-bond acceptors (Lipinski definition) is 6. The monoisotopic (exact) mass is 613 g/mol. The third kappa shape index (κ3) is 6.31. The van der Waals surface area contributed by atoms with Crippen LogP contribution in [0, 0.1) is 0 Å². The molecule has 1 fully saturated rings. The highest BCUT2D eigenvalue weighted by atomic mass is 35.5. The van der Waals surface area contributed by atoms with Gasteiger partial charge in [-0.2, -0.15) is 13.2 Å². The van der Waals surface area contributed by atoms with Gasteiger partial charge < -0.3 is 19.9 Å². The minimum Gasteiger partial charge on any atom is -0.468 e. The Hall–Kier alpha value is -1.85. The molecule has 1 heterocycles. The second-order valence-electron chi connectivity index (χ2n) is 9.77. The third-order valence-electron chi connectivity index (χ3n) is 5.85. The summed E-state index contributed by atoms with van der Waals surface area (Å²) in [6.45, 7) is 5.05. The van der Waals surface area contributed by atoms with Crippen molar-refractivity contribution in [1.82, 2.24) is 5.32 Å². The van der Waals surface area contributed by atoms with Gasteiger partial charge in [0.2, 0.25) is 0 Å². The molecule has 0 spiro atoms. The standard InChI is InChI=1S/C25H25Cl3F3NO5S/c1-22(2,3)37-21(34)32-11-13-5-6-14(9-18(13)28)23(35)12-24(25(29,30)31,38-19(23)20(33)36-4)15-7-16(26)10-17(27)8-15/h5-10,19,35H,11-12H2,1-4H3,(H,32,34). The molecule has 1 aliphatic heterocycles. The van der Waals surface area contributed by atoms with E-state index < -0.39 is 45.9 Å². The molecule has 1 aliphatic rings. The second kappa shape index (κ2) is 11.0. The molecule has 3 atom stereocenters. The van der Waals surface area contributed by atoms with E-state index in [1.165, 1.54) is 24.3 Å². The van der Waals surface area contributed by atoms with Crippen molar-refractivity contribution in [3.8, 4) is 0 Å². The molecule has 208 valence electrons. The number of alkyl carbamates (subject to hydrolysis) is 1. The largest absolute Gasteiger partial charge is 0.468 e. The van der Waals surface area contributed by atoms with Crippen LogP contribution in [0.3, 0.4) is 0 Å². The second-order valence-corrected chi connectivity index (χ2v) is 12.5. The summed E-state index contributed by atoms with van der Waals surface area (Å²) >= 11 is 18.6. The normalized spacial score (nSPS) is 23.7. The highest BCUT2D eigenvalue weighted by Crippen LogP contribution is 2.65. The fourth-order valence-electron chi connectivity index (χ4n) is 4.15. The van der Waals surface area contributed by atoms with Crippen LogP contribution in [0.4, 0.5) is 18.0 Å². The molecule has 0 aliphatic carbocycles. The molecule has 0 radical (unpaired) electrons. The number of aliphatic hydroxyl groups is 1. The number of alkyl halides is 3. The molecule has 3 rings (SSSR count). The first kappa shape index (κ1) is 30.7. The summed E-state index contributed by atoms with van der Waals surface area (Å²) in [7, 11) is 1.02. The Morgan fingerprint density at radius 3 is 2.18 bits per heavy atom. The summed E-state index contributed by atoms with van der Waals surface area (Å²) in [5.74, 6) is -1.05. The van der Waals surface area contributed by atoms with Crippen LogP contribution in [0.15, 0.2) is 36.4 Å². The van der Waals surface area contributed by atoms with E-state index in [4.69, 9.17) is 44.3 Å². The summed E-state index contributed by atoms with van der Waals surface area (Å²) in [6, 6.07) is 7.55. The Morgan fingerprint density at radius 1 is 1.08 bits per heavy atom. The predicted molar refractivity (Wildman–Crippen MR) is 141 cm³/mol. The zero-order valence-corrected chi connectivity index (χ0v) is 23.8. The number of carbonyl (C=O) groups is 2. The van der Waals surface area contributed by atoms with E-state index in [0.717, 1.165) is 19.2 Å². The number of carbonyl (C=O) groups excluding carboxylic acids is 2. The van der Waals surface area contributed by atoms with E-state index in [0.29, 0.717) is 5.56 Å². The maximum atomic E-state index is 14.8. The summed E-state index contributed by atoms with van der Waals surface area (Å²) in [5.41, 5.74) is -3.01. The van der Waals surface area contributed by atoms with Crippen LogP contribution < -0.4 is 5.32 Å². The zero-order chi connectivity index (χ0) is 28.7. The van der Waals surface area contributed by atoms with Gasteiger partial charge in [-0.25, -0.2) is 4.79 Å². The number of ether oxygens (including phenoxy) is 2. The van der Waals surface area contributed by atoms with Crippen LogP contribution >= 0.6 is 46.6 Å². The quantitative estimate of drug-likeness (QED) is 0.353. The van der Waals surface area contributed by atoms with Crippen LogP contribution in [0.2, 0.25) is 15.1 Å². The van der Waals surface area contributed by atoms with Gasteiger partial charge in [0.1, 0.15) is 21.2 Å². The van der Waals surface area contributed by atoms with Gasteiger partial charge in [-0.05, 0) is 61.7 Å². The minimum atomic E-state index is -4.93. The average molecular weight is 615 g/mol. The van der Waals surface area contributed by atoms with Crippen molar-refractivity contribution < 1.29 is 37.3 Å². The SMILES string of the molecule is COC(=O)C1SC(c2cc(Cl)cc(Cl)c2)(C(F)(F)F)CC1(O)c1ccc(CNC(=O)OC(C)(C)C)c(Cl)c1. The van der Waals surface area contributed by atoms with E-state index in [9.17, 15) is 27.9 Å². The van der Waals surface area contributed by atoms with Gasteiger partial charge in [-0.15, -0.1) is 11.8 Å². The molecule has 0 bridgehead atoms. The molecule has 38 heavy (non-hydrogen) atoms. The Labute approximate surface area is 237 Å². The molecule has 1 amide bonds. The molecule has 1 saturated heterocycles. The number of nitrogens with one attached hydrogen (secondary N) is 1. The van der Waals surface area contributed by atoms with E-state index in [-0.39, 0.29) is 44.5 Å². The van der Waals surface area contributed by atoms with Gasteiger partial charge in [0.25, 0.3) is 0 Å². The Balaban J connectivity index is 2.04. The Morgan fingerprint density at radius 2 is 1.68 bits per heavy atom. The number of amides is 1. The van der Waals surface area contributed by atoms with E-state index in [1.54, 1.807) is 20.8 Å². The van der Waals surface area contributed by atoms with Crippen molar-refractivity contribution in [2.45, 2.75) is 61.1 Å². The van der Waals surface area contributed by atoms with Crippen molar-refractivity contribution in [2.75, 3.05) is 7.11 Å². The van der Waals surface area contributed by atoms with Crippen LogP contribution in [-0.4, -0.2) is 41.3 Å². The predicted octanol–water partition coefficient (Wildman–Crippen LogP) is 7.00. The van der Waals surface area contributed by atoms with Crippen molar-refractivity contribution >= 4 is 58.6 Å². The van der Waals surface area contributed by atoms with Gasteiger partial charge in [-0.1, -0.05) is 46.9 Å². The zero-order valence-electron chi connectivity index (χ0n) is 20.7. The van der Waals surface area contributed by atoms with Crippen molar-refractivity contribution in [3.05, 3.63) is 68.2 Å². The number of hydrogen-bond donors (Lipinski definition) is 2. The van der Waals surface area contributed by atoms with Crippen molar-refractivity contribution in [3.63, 3.8) is 0 Å². The molecule has 13 heteroatoms. The summed E-state index contributed by atoms with van der Waals surface area (Å²) in [6.07, 6.45) is -6.57. The van der Waals surface area contributed by atoms with Gasteiger partial charge >= 0.3 is 18.2 Å². The third-order valence-corrected chi connectivity index (χ3v) is 8.47. The molecule has 2 N–H and O–H groups in total. The molecule has 2 aromatic carbocycles. The lowest BCUT2D eigenvalue weighted by Crippen LogP contribution is -2.42. The molecular formula is C25H25Cl3F3NO5S. The molecule has 2 aromatic rings. The first-order valence-corrected chi connectivity index (χ1v) is 13.2. The first-order chi connectivity index (χ1) is 17.4. The smallest absolute Gasteiger partial charge is 0.407 e. The van der Waals surface area contributed by atoms with Gasteiger partial charge in [0.15, 0.2) is 0 Å². The van der Waals surface area contributed by atoms with Crippen molar-refractivity contribution in [2.24, 2.45) is 0 Å². The molecule has 6 nitrogen and oxygen atoms in total. The fraction of sp³-hybridized carbons (Fsp3) is 0.440. The Kier molecular flexibility index (Phi) is 8.85. The van der Waals surface area contributed by atoms with Crippen LogP contribution in [-0.2, 0) is 31.2 Å². The highest BCUT2D eigenvalue weighted by molar-refractivity contribution is 8.02. The van der Waals surface area contributed by atoms with E-state index in [1.807, 2.05) is 0 Å². The first-order valence-electron chi connectivity index (χ1n) is 11.2. The molecule has 3 unspecified atom stereocenters. The lowest BCUT2D eigenvalue weighted by molar-refractivity contribution is -0.173. The topological polar surface area (TPSA) is 84.9 Å². The summed E-state index contributed by atoms with van der Waals surface area (Å²) in [4.78, 5) is 24.7. The van der Waals surface area contributed by atoms with Gasteiger partial charge in [0, 0.05) is 28.0 Å². The minimum absolute atomic E-state index is 0.0355. The lowest BCUT2D eigenvalue weighted by Gasteiger charge is -2.33. The number of thioether (sulfide) groups is 1. The van der Waals surface area contributed by atoms with Gasteiger partial charge in [-0.3, -0.25) is 4.79 Å².